The third-order valence-corrected chi connectivity index (χ3v) is 4.12. The first-order chi connectivity index (χ1) is 14.3. The fraction of sp³-hybridized carbons (Fsp3) is 0.143. The SMILES string of the molecule is COc1ccnc(C(=O)Nc2ccc(OCc3ccc(C(F)(F)F)cc3)cc2)c1O. The summed E-state index contributed by atoms with van der Waals surface area (Å²) in [5.41, 5.74) is 0.116. The minimum absolute atomic E-state index is 0.0887. The van der Waals surface area contributed by atoms with Crippen molar-refractivity contribution in [3.8, 4) is 17.2 Å². The van der Waals surface area contributed by atoms with Gasteiger partial charge in [0.25, 0.3) is 5.91 Å². The number of amides is 1. The second-order valence-corrected chi connectivity index (χ2v) is 6.17. The lowest BCUT2D eigenvalue weighted by atomic mass is 10.1. The van der Waals surface area contributed by atoms with Gasteiger partial charge in [0, 0.05) is 18.0 Å². The van der Waals surface area contributed by atoms with Crippen molar-refractivity contribution in [3.63, 3.8) is 0 Å². The van der Waals surface area contributed by atoms with E-state index in [2.05, 4.69) is 10.3 Å². The molecular formula is C21H17F3N2O4. The highest BCUT2D eigenvalue weighted by Gasteiger charge is 2.29. The number of halogens is 3. The predicted octanol–water partition coefficient (Wildman–Crippen LogP) is 4.65. The largest absolute Gasteiger partial charge is 0.503 e. The molecule has 9 heteroatoms. The number of carbonyl (C=O) groups is 1. The van der Waals surface area contributed by atoms with E-state index in [1.807, 2.05) is 0 Å². The van der Waals surface area contributed by atoms with Crippen LogP contribution < -0.4 is 14.8 Å². The molecule has 0 saturated carbocycles. The molecule has 0 aliphatic rings. The molecule has 1 aromatic heterocycles. The van der Waals surface area contributed by atoms with Gasteiger partial charge < -0.3 is 19.9 Å². The molecule has 0 atom stereocenters. The number of ether oxygens (including phenoxy) is 2. The lowest BCUT2D eigenvalue weighted by Gasteiger charge is -2.10. The second-order valence-electron chi connectivity index (χ2n) is 6.17. The van der Waals surface area contributed by atoms with Gasteiger partial charge in [-0.05, 0) is 42.0 Å². The van der Waals surface area contributed by atoms with E-state index < -0.39 is 17.6 Å². The topological polar surface area (TPSA) is 80.7 Å². The van der Waals surface area contributed by atoms with Gasteiger partial charge in [-0.1, -0.05) is 12.1 Å². The molecule has 2 aromatic carbocycles. The highest BCUT2D eigenvalue weighted by Crippen LogP contribution is 2.30. The summed E-state index contributed by atoms with van der Waals surface area (Å²) in [7, 11) is 1.36. The number of hydrogen-bond donors (Lipinski definition) is 2. The third-order valence-electron chi connectivity index (χ3n) is 4.12. The average Bonchev–Trinajstić information content (AvgIpc) is 2.73. The van der Waals surface area contributed by atoms with E-state index in [9.17, 15) is 23.1 Å². The summed E-state index contributed by atoms with van der Waals surface area (Å²) < 4.78 is 48.2. The van der Waals surface area contributed by atoms with E-state index in [1.165, 1.54) is 31.5 Å². The number of anilines is 1. The summed E-state index contributed by atoms with van der Waals surface area (Å²) in [6.07, 6.45) is -3.04. The van der Waals surface area contributed by atoms with Crippen molar-refractivity contribution in [1.82, 2.24) is 4.98 Å². The Morgan fingerprint density at radius 3 is 2.33 bits per heavy atom. The number of benzene rings is 2. The van der Waals surface area contributed by atoms with E-state index in [0.29, 0.717) is 17.0 Å². The van der Waals surface area contributed by atoms with Crippen LogP contribution in [-0.2, 0) is 12.8 Å². The molecule has 30 heavy (non-hydrogen) atoms. The highest BCUT2D eigenvalue weighted by molar-refractivity contribution is 6.05. The zero-order valence-corrected chi connectivity index (χ0v) is 15.7. The Balaban J connectivity index is 1.59. The number of nitrogens with zero attached hydrogens (tertiary/aromatic N) is 1. The molecule has 156 valence electrons. The molecule has 0 saturated heterocycles. The molecule has 3 rings (SSSR count). The van der Waals surface area contributed by atoms with Crippen LogP contribution in [0.1, 0.15) is 21.6 Å². The van der Waals surface area contributed by atoms with Crippen molar-refractivity contribution in [2.75, 3.05) is 12.4 Å². The van der Waals surface area contributed by atoms with Crippen molar-refractivity contribution in [2.24, 2.45) is 0 Å². The Hall–Kier alpha value is -3.75. The van der Waals surface area contributed by atoms with Crippen LogP contribution in [0.2, 0.25) is 0 Å². The molecule has 0 radical (unpaired) electrons. The van der Waals surface area contributed by atoms with Crippen molar-refractivity contribution in [1.29, 1.82) is 0 Å². The lowest BCUT2D eigenvalue weighted by molar-refractivity contribution is -0.137. The van der Waals surface area contributed by atoms with E-state index in [4.69, 9.17) is 9.47 Å². The normalized spacial score (nSPS) is 11.1. The maximum absolute atomic E-state index is 12.6. The van der Waals surface area contributed by atoms with E-state index in [-0.39, 0.29) is 23.8 Å². The number of methoxy groups -OCH3 is 1. The first-order valence-corrected chi connectivity index (χ1v) is 8.70. The van der Waals surface area contributed by atoms with Gasteiger partial charge in [0.1, 0.15) is 12.4 Å². The van der Waals surface area contributed by atoms with Crippen molar-refractivity contribution >= 4 is 11.6 Å². The molecule has 0 spiro atoms. The van der Waals surface area contributed by atoms with E-state index in [0.717, 1.165) is 12.1 Å². The maximum atomic E-state index is 12.6. The van der Waals surface area contributed by atoms with Gasteiger partial charge in [-0.15, -0.1) is 0 Å². The quantitative estimate of drug-likeness (QED) is 0.609. The van der Waals surface area contributed by atoms with Gasteiger partial charge >= 0.3 is 6.18 Å². The summed E-state index contributed by atoms with van der Waals surface area (Å²) >= 11 is 0. The van der Waals surface area contributed by atoms with Crippen molar-refractivity contribution in [3.05, 3.63) is 77.6 Å². The number of nitrogens with one attached hydrogen (secondary N) is 1. The smallest absolute Gasteiger partial charge is 0.416 e. The molecule has 0 aliphatic carbocycles. The zero-order valence-electron chi connectivity index (χ0n) is 15.7. The minimum atomic E-state index is -4.38. The molecular weight excluding hydrogens is 401 g/mol. The first-order valence-electron chi connectivity index (χ1n) is 8.70. The number of aromatic nitrogens is 1. The lowest BCUT2D eigenvalue weighted by Crippen LogP contribution is -2.14. The molecule has 1 heterocycles. The van der Waals surface area contributed by atoms with Crippen LogP contribution >= 0.6 is 0 Å². The average molecular weight is 418 g/mol. The highest BCUT2D eigenvalue weighted by atomic mass is 19.4. The van der Waals surface area contributed by atoms with Crippen LogP contribution in [-0.4, -0.2) is 23.1 Å². The Morgan fingerprint density at radius 1 is 1.07 bits per heavy atom. The van der Waals surface area contributed by atoms with Crippen LogP contribution in [0, 0.1) is 0 Å². The molecule has 0 fully saturated rings. The number of aromatic hydroxyl groups is 1. The first kappa shape index (κ1) is 21.0. The van der Waals surface area contributed by atoms with Crippen LogP contribution in [0.5, 0.6) is 17.2 Å². The van der Waals surface area contributed by atoms with Gasteiger partial charge in [-0.2, -0.15) is 13.2 Å². The molecule has 1 amide bonds. The van der Waals surface area contributed by atoms with Crippen molar-refractivity contribution < 1.29 is 32.5 Å². The Labute approximate surface area is 169 Å². The van der Waals surface area contributed by atoms with Crippen LogP contribution in [0.3, 0.4) is 0 Å². The Bertz CT molecular complexity index is 1020. The second kappa shape index (κ2) is 8.73. The monoisotopic (exact) mass is 418 g/mol. The Morgan fingerprint density at radius 2 is 1.73 bits per heavy atom. The molecule has 0 unspecified atom stereocenters. The summed E-state index contributed by atoms with van der Waals surface area (Å²) in [4.78, 5) is 16.1. The molecule has 6 nitrogen and oxygen atoms in total. The molecule has 3 aromatic rings. The molecule has 0 bridgehead atoms. The van der Waals surface area contributed by atoms with Gasteiger partial charge in [0.15, 0.2) is 17.2 Å². The van der Waals surface area contributed by atoms with Crippen LogP contribution in [0.15, 0.2) is 60.8 Å². The minimum Gasteiger partial charge on any atom is -0.503 e. The fourth-order valence-corrected chi connectivity index (χ4v) is 2.55. The summed E-state index contributed by atoms with van der Waals surface area (Å²) in [5.74, 6) is -0.392. The molecule has 2 N–H and O–H groups in total. The summed E-state index contributed by atoms with van der Waals surface area (Å²) in [6, 6.07) is 12.5. The number of rotatable bonds is 6. The van der Waals surface area contributed by atoms with Crippen LogP contribution in [0.25, 0.3) is 0 Å². The zero-order chi connectivity index (χ0) is 21.7. The maximum Gasteiger partial charge on any atom is 0.416 e. The number of hydrogen-bond acceptors (Lipinski definition) is 5. The van der Waals surface area contributed by atoms with Gasteiger partial charge in [-0.25, -0.2) is 4.98 Å². The molecule has 0 aliphatic heterocycles. The number of alkyl halides is 3. The Kier molecular flexibility index (Phi) is 6.10. The summed E-state index contributed by atoms with van der Waals surface area (Å²) in [5, 5.41) is 12.6. The van der Waals surface area contributed by atoms with Gasteiger partial charge in [0.2, 0.25) is 0 Å². The predicted molar refractivity (Wildman–Crippen MR) is 103 cm³/mol. The third kappa shape index (κ3) is 4.99. The van der Waals surface area contributed by atoms with Crippen LogP contribution in [0.4, 0.5) is 18.9 Å². The summed E-state index contributed by atoms with van der Waals surface area (Å²) in [6.45, 7) is 0.0887. The van der Waals surface area contributed by atoms with Crippen molar-refractivity contribution in [2.45, 2.75) is 12.8 Å². The van der Waals surface area contributed by atoms with Gasteiger partial charge in [-0.3, -0.25) is 4.79 Å². The number of pyridine rings is 1. The van der Waals surface area contributed by atoms with E-state index >= 15 is 0 Å². The van der Waals surface area contributed by atoms with E-state index in [1.54, 1.807) is 24.3 Å². The number of carbonyl (C=O) groups excluding carboxylic acids is 1. The fourth-order valence-electron chi connectivity index (χ4n) is 2.55. The standard InChI is InChI=1S/C21H17F3N2O4/c1-29-17-10-11-25-18(19(17)27)20(28)26-15-6-8-16(9-7-15)30-12-13-2-4-14(5-3-13)21(22,23)24/h2-11,27H,12H2,1H3,(H,26,28). The van der Waals surface area contributed by atoms with Gasteiger partial charge in [0.05, 0.1) is 12.7 Å².